The largest absolute Gasteiger partial charge is 0.457 e. The lowest BCUT2D eigenvalue weighted by Gasteiger charge is -2.01. The summed E-state index contributed by atoms with van der Waals surface area (Å²) in [6.07, 6.45) is 3.03. The number of carbonyl (C=O) groups excluding carboxylic acids is 1. The minimum Gasteiger partial charge on any atom is -0.457 e. The molecule has 0 unspecified atom stereocenters. The molecule has 4 aromatic rings. The van der Waals surface area contributed by atoms with Crippen LogP contribution in [0.4, 0.5) is 5.69 Å². The number of nitrogens with zero attached hydrogens (tertiary/aromatic N) is 1. The topological polar surface area (TPSA) is 73.3 Å². The van der Waals surface area contributed by atoms with Gasteiger partial charge in [0, 0.05) is 23.3 Å². The van der Waals surface area contributed by atoms with E-state index in [1.54, 1.807) is 24.3 Å². The predicted molar refractivity (Wildman–Crippen MR) is 113 cm³/mol. The number of ketones is 1. The van der Waals surface area contributed by atoms with E-state index in [0.717, 1.165) is 10.8 Å². The number of furan rings is 1. The fourth-order valence-corrected chi connectivity index (χ4v) is 3.27. The van der Waals surface area contributed by atoms with Crippen LogP contribution in [0.15, 0.2) is 83.3 Å². The van der Waals surface area contributed by atoms with Gasteiger partial charge in [-0.1, -0.05) is 48.0 Å². The summed E-state index contributed by atoms with van der Waals surface area (Å²) in [5.74, 6) is 0.799. The lowest BCUT2D eigenvalue weighted by atomic mass is 10.0. The second-order valence-electron chi connectivity index (χ2n) is 6.38. The maximum absolute atomic E-state index is 12.5. The molecule has 1 heterocycles. The van der Waals surface area contributed by atoms with Crippen LogP contribution in [-0.2, 0) is 0 Å². The quantitative estimate of drug-likeness (QED) is 0.164. The van der Waals surface area contributed by atoms with Gasteiger partial charge in [0.05, 0.1) is 9.95 Å². The first-order valence-corrected chi connectivity index (χ1v) is 9.14. The molecule has 0 spiro atoms. The maximum Gasteiger partial charge on any atom is 0.270 e. The van der Waals surface area contributed by atoms with Crippen LogP contribution < -0.4 is 0 Å². The molecule has 0 saturated carbocycles. The molecule has 5 nitrogen and oxygen atoms in total. The zero-order valence-electron chi connectivity index (χ0n) is 15.0. The Labute approximate surface area is 171 Å². The molecule has 0 aliphatic carbocycles. The molecule has 0 aliphatic heterocycles. The van der Waals surface area contributed by atoms with Crippen LogP contribution in [-0.4, -0.2) is 10.7 Å². The van der Waals surface area contributed by atoms with E-state index in [1.165, 1.54) is 24.3 Å². The van der Waals surface area contributed by atoms with Gasteiger partial charge in [-0.3, -0.25) is 14.9 Å². The molecule has 0 aliphatic rings. The van der Waals surface area contributed by atoms with Crippen LogP contribution in [0.1, 0.15) is 16.1 Å². The maximum atomic E-state index is 12.5. The first kappa shape index (κ1) is 18.7. The van der Waals surface area contributed by atoms with E-state index >= 15 is 0 Å². The number of non-ortho nitro benzene ring substituents is 1. The van der Waals surface area contributed by atoms with Crippen LogP contribution in [0.25, 0.3) is 28.2 Å². The molecule has 0 N–H and O–H groups in total. The Bertz CT molecular complexity index is 1270. The Kier molecular flexibility index (Phi) is 4.97. The van der Waals surface area contributed by atoms with Crippen molar-refractivity contribution >= 4 is 39.9 Å². The van der Waals surface area contributed by atoms with Crippen LogP contribution in [0, 0.1) is 10.1 Å². The molecule has 0 bridgehead atoms. The fourth-order valence-electron chi connectivity index (χ4n) is 3.00. The van der Waals surface area contributed by atoms with Crippen LogP contribution in [0.5, 0.6) is 0 Å². The zero-order chi connectivity index (χ0) is 20.4. The summed E-state index contributed by atoms with van der Waals surface area (Å²) in [5, 5.41) is 13.1. The highest BCUT2D eigenvalue weighted by molar-refractivity contribution is 6.33. The van der Waals surface area contributed by atoms with Gasteiger partial charge in [-0.05, 0) is 47.2 Å². The number of hydrogen-bond donors (Lipinski definition) is 0. The van der Waals surface area contributed by atoms with Gasteiger partial charge >= 0.3 is 0 Å². The number of hydrogen-bond acceptors (Lipinski definition) is 4. The van der Waals surface area contributed by atoms with Crippen molar-refractivity contribution in [2.45, 2.75) is 0 Å². The first-order chi connectivity index (χ1) is 14.0. The Morgan fingerprint density at radius 1 is 0.966 bits per heavy atom. The van der Waals surface area contributed by atoms with Crippen molar-refractivity contribution in [1.82, 2.24) is 0 Å². The molecule has 29 heavy (non-hydrogen) atoms. The van der Waals surface area contributed by atoms with E-state index < -0.39 is 4.92 Å². The summed E-state index contributed by atoms with van der Waals surface area (Å²) >= 11 is 6.14. The molecule has 4 rings (SSSR count). The van der Waals surface area contributed by atoms with E-state index in [9.17, 15) is 14.9 Å². The molecule has 0 saturated heterocycles. The van der Waals surface area contributed by atoms with Crippen molar-refractivity contribution in [3.63, 3.8) is 0 Å². The summed E-state index contributed by atoms with van der Waals surface area (Å²) in [6, 6.07) is 21.0. The lowest BCUT2D eigenvalue weighted by Crippen LogP contribution is -1.93. The lowest BCUT2D eigenvalue weighted by molar-refractivity contribution is -0.384. The van der Waals surface area contributed by atoms with E-state index in [1.807, 2.05) is 36.4 Å². The third kappa shape index (κ3) is 3.95. The van der Waals surface area contributed by atoms with Crippen molar-refractivity contribution in [2.75, 3.05) is 0 Å². The Morgan fingerprint density at radius 3 is 2.52 bits per heavy atom. The van der Waals surface area contributed by atoms with Crippen molar-refractivity contribution in [3.05, 3.63) is 105 Å². The summed E-state index contributed by atoms with van der Waals surface area (Å²) < 4.78 is 5.71. The van der Waals surface area contributed by atoms with E-state index in [-0.39, 0.29) is 16.5 Å². The van der Waals surface area contributed by atoms with Gasteiger partial charge in [0.15, 0.2) is 5.78 Å². The summed E-state index contributed by atoms with van der Waals surface area (Å²) in [6.45, 7) is 0. The van der Waals surface area contributed by atoms with Crippen molar-refractivity contribution in [1.29, 1.82) is 0 Å². The normalized spacial score (nSPS) is 11.2. The van der Waals surface area contributed by atoms with Crippen molar-refractivity contribution < 1.29 is 14.1 Å². The number of halogens is 1. The molecular formula is C23H14ClNO4. The average Bonchev–Trinajstić information content (AvgIpc) is 3.20. The van der Waals surface area contributed by atoms with Crippen LogP contribution in [0.2, 0.25) is 5.02 Å². The number of rotatable bonds is 5. The van der Waals surface area contributed by atoms with E-state index in [4.69, 9.17) is 16.0 Å². The first-order valence-electron chi connectivity index (χ1n) is 8.76. The second kappa shape index (κ2) is 7.73. The molecular weight excluding hydrogens is 390 g/mol. The van der Waals surface area contributed by atoms with E-state index in [0.29, 0.717) is 22.6 Å². The minimum atomic E-state index is -0.510. The van der Waals surface area contributed by atoms with Crippen LogP contribution in [0.3, 0.4) is 0 Å². The molecule has 0 atom stereocenters. The van der Waals surface area contributed by atoms with Gasteiger partial charge < -0.3 is 4.42 Å². The standard InChI is InChI=1S/C23H14ClNO4/c24-21-14-18(25(27)28)7-10-20(21)23-12-9-19(29-23)8-11-22(26)17-6-5-15-3-1-2-4-16(15)13-17/h1-14H. The second-order valence-corrected chi connectivity index (χ2v) is 6.79. The zero-order valence-corrected chi connectivity index (χ0v) is 15.8. The Hall–Kier alpha value is -3.70. The minimum absolute atomic E-state index is 0.0913. The summed E-state index contributed by atoms with van der Waals surface area (Å²) in [7, 11) is 0. The average molecular weight is 404 g/mol. The van der Waals surface area contributed by atoms with Gasteiger partial charge in [0.1, 0.15) is 11.5 Å². The summed E-state index contributed by atoms with van der Waals surface area (Å²) in [4.78, 5) is 22.8. The highest BCUT2D eigenvalue weighted by atomic mass is 35.5. The fraction of sp³-hybridized carbons (Fsp3) is 0. The van der Waals surface area contributed by atoms with Gasteiger partial charge in [-0.25, -0.2) is 0 Å². The molecule has 3 aromatic carbocycles. The summed E-state index contributed by atoms with van der Waals surface area (Å²) in [5.41, 5.74) is 1.04. The van der Waals surface area contributed by atoms with Crippen LogP contribution >= 0.6 is 11.6 Å². The van der Waals surface area contributed by atoms with Gasteiger partial charge in [0.25, 0.3) is 5.69 Å². The number of nitro groups is 1. The SMILES string of the molecule is O=C(C=Cc1ccc(-c2ccc([N+](=O)[O-])cc2Cl)o1)c1ccc2ccccc2c1. The van der Waals surface area contributed by atoms with E-state index in [2.05, 4.69) is 0 Å². The molecule has 0 fully saturated rings. The molecule has 142 valence electrons. The highest BCUT2D eigenvalue weighted by Gasteiger charge is 2.13. The number of carbonyl (C=O) groups is 1. The Morgan fingerprint density at radius 2 is 1.76 bits per heavy atom. The molecule has 0 radical (unpaired) electrons. The number of nitro benzene ring substituents is 1. The monoisotopic (exact) mass is 403 g/mol. The Balaban J connectivity index is 1.54. The molecule has 1 aromatic heterocycles. The smallest absolute Gasteiger partial charge is 0.270 e. The molecule has 0 amide bonds. The third-order valence-corrected chi connectivity index (χ3v) is 4.80. The number of allylic oxidation sites excluding steroid dienone is 1. The highest BCUT2D eigenvalue weighted by Crippen LogP contribution is 2.32. The van der Waals surface area contributed by atoms with Crippen molar-refractivity contribution in [3.8, 4) is 11.3 Å². The number of benzene rings is 3. The van der Waals surface area contributed by atoms with Gasteiger partial charge in [0.2, 0.25) is 0 Å². The number of fused-ring (bicyclic) bond motifs is 1. The predicted octanol–water partition coefficient (Wildman–Crippen LogP) is 6.56. The van der Waals surface area contributed by atoms with Crippen molar-refractivity contribution in [2.24, 2.45) is 0 Å². The van der Waals surface area contributed by atoms with Gasteiger partial charge in [-0.15, -0.1) is 0 Å². The van der Waals surface area contributed by atoms with Gasteiger partial charge in [-0.2, -0.15) is 0 Å². The third-order valence-electron chi connectivity index (χ3n) is 4.49. The molecule has 6 heteroatoms.